The molecule has 1 N–H and O–H groups in total. The summed E-state index contributed by atoms with van der Waals surface area (Å²) in [5.74, 6) is 0. The number of aliphatic hydroxyl groups excluding tert-OH is 1. The summed E-state index contributed by atoms with van der Waals surface area (Å²) in [7, 11) is 0. The smallest absolute Gasteiger partial charge is 0.0789 e. The van der Waals surface area contributed by atoms with Gasteiger partial charge in [-0.15, -0.1) is 0 Å². The number of rotatable bonds is 0. The van der Waals surface area contributed by atoms with Crippen LogP contribution in [0.3, 0.4) is 0 Å². The van der Waals surface area contributed by atoms with Crippen LogP contribution < -0.4 is 0 Å². The molecule has 50 valence electrons. The van der Waals surface area contributed by atoms with Crippen molar-refractivity contribution in [3.05, 3.63) is 12.2 Å². The van der Waals surface area contributed by atoms with E-state index in [1.54, 1.807) is 0 Å². The number of hydrogen-bond donors (Lipinski definition) is 1. The van der Waals surface area contributed by atoms with Gasteiger partial charge in [-0.25, -0.2) is 0 Å². The minimum absolute atomic E-state index is 0.135. The molecule has 0 saturated carbocycles. The molecule has 0 aromatic rings. The Morgan fingerprint density at radius 1 is 1.22 bits per heavy atom. The highest BCUT2D eigenvalue weighted by atomic mass is 16.5. The highest BCUT2D eigenvalue weighted by Gasteiger charge is 2.29. The van der Waals surface area contributed by atoms with E-state index in [-0.39, 0.29) is 18.3 Å². The molecule has 2 rings (SSSR count). The quantitative estimate of drug-likeness (QED) is 0.478. The third-order valence-corrected chi connectivity index (χ3v) is 1.90. The van der Waals surface area contributed by atoms with Crippen LogP contribution in [0.15, 0.2) is 12.2 Å². The van der Waals surface area contributed by atoms with Gasteiger partial charge in [0.05, 0.1) is 18.3 Å². The summed E-state index contributed by atoms with van der Waals surface area (Å²) in [5, 5.41) is 9.17. The van der Waals surface area contributed by atoms with E-state index in [0.717, 1.165) is 12.8 Å². The van der Waals surface area contributed by atoms with E-state index < -0.39 is 0 Å². The molecule has 2 heterocycles. The van der Waals surface area contributed by atoms with Gasteiger partial charge < -0.3 is 9.84 Å². The molecule has 0 aliphatic carbocycles. The molecular weight excluding hydrogens is 116 g/mol. The number of ether oxygens (including phenoxy) is 1. The SMILES string of the molecule is OC1C[C@H]2C=C[C@@H](C1)O2. The lowest BCUT2D eigenvalue weighted by molar-refractivity contribution is -0.0408. The second kappa shape index (κ2) is 1.82. The third kappa shape index (κ3) is 0.884. The molecule has 0 spiro atoms. The third-order valence-electron chi connectivity index (χ3n) is 1.90. The lowest BCUT2D eigenvalue weighted by Crippen LogP contribution is -2.28. The largest absolute Gasteiger partial charge is 0.393 e. The Kier molecular flexibility index (Phi) is 1.10. The van der Waals surface area contributed by atoms with Gasteiger partial charge in [0.15, 0.2) is 0 Å². The van der Waals surface area contributed by atoms with Crippen LogP contribution in [0.4, 0.5) is 0 Å². The van der Waals surface area contributed by atoms with E-state index >= 15 is 0 Å². The first-order valence-electron chi connectivity index (χ1n) is 3.36. The van der Waals surface area contributed by atoms with Gasteiger partial charge in [0.2, 0.25) is 0 Å². The average molecular weight is 126 g/mol. The molecule has 3 atom stereocenters. The topological polar surface area (TPSA) is 29.5 Å². The molecule has 2 heteroatoms. The number of aliphatic hydroxyl groups is 1. The molecule has 1 unspecified atom stereocenters. The molecule has 0 radical (unpaired) electrons. The van der Waals surface area contributed by atoms with Crippen molar-refractivity contribution >= 4 is 0 Å². The van der Waals surface area contributed by atoms with Crippen LogP contribution in [-0.2, 0) is 4.74 Å². The van der Waals surface area contributed by atoms with Gasteiger partial charge in [-0.1, -0.05) is 12.2 Å². The summed E-state index contributed by atoms with van der Waals surface area (Å²) in [4.78, 5) is 0. The fourth-order valence-electron chi connectivity index (χ4n) is 1.46. The number of fused-ring (bicyclic) bond motifs is 2. The lowest BCUT2D eigenvalue weighted by Gasteiger charge is -2.24. The Labute approximate surface area is 54.1 Å². The monoisotopic (exact) mass is 126 g/mol. The standard InChI is InChI=1S/C7H10O2/c8-5-3-6-1-2-7(4-5)9-6/h1-2,5-8H,3-4H2/t5?,6-,7+. The van der Waals surface area contributed by atoms with E-state index in [1.807, 2.05) is 12.2 Å². The van der Waals surface area contributed by atoms with E-state index in [9.17, 15) is 5.11 Å². The molecule has 2 bridgehead atoms. The van der Waals surface area contributed by atoms with E-state index in [2.05, 4.69) is 0 Å². The zero-order valence-electron chi connectivity index (χ0n) is 5.16. The predicted molar refractivity (Wildman–Crippen MR) is 33.0 cm³/mol. The molecule has 0 aromatic heterocycles. The molecular formula is C7H10O2. The van der Waals surface area contributed by atoms with Gasteiger partial charge in [0, 0.05) is 12.8 Å². The van der Waals surface area contributed by atoms with Crippen LogP contribution in [-0.4, -0.2) is 23.4 Å². The van der Waals surface area contributed by atoms with Crippen molar-refractivity contribution in [2.24, 2.45) is 0 Å². The maximum absolute atomic E-state index is 9.17. The van der Waals surface area contributed by atoms with Crippen LogP contribution in [0.5, 0.6) is 0 Å². The van der Waals surface area contributed by atoms with Crippen LogP contribution in [0.25, 0.3) is 0 Å². The van der Waals surface area contributed by atoms with Crippen molar-refractivity contribution in [3.8, 4) is 0 Å². The number of hydrogen-bond acceptors (Lipinski definition) is 2. The first-order chi connectivity index (χ1) is 4.34. The van der Waals surface area contributed by atoms with Gasteiger partial charge in [0.25, 0.3) is 0 Å². The fourth-order valence-corrected chi connectivity index (χ4v) is 1.46. The van der Waals surface area contributed by atoms with Crippen LogP contribution in [0, 0.1) is 0 Å². The molecule has 1 saturated heterocycles. The average Bonchev–Trinajstić information content (AvgIpc) is 2.11. The van der Waals surface area contributed by atoms with Crippen molar-refractivity contribution < 1.29 is 9.84 Å². The Morgan fingerprint density at radius 2 is 1.78 bits per heavy atom. The predicted octanol–water partition coefficient (Wildman–Crippen LogP) is 0.465. The van der Waals surface area contributed by atoms with Crippen molar-refractivity contribution in [3.63, 3.8) is 0 Å². The maximum atomic E-state index is 9.17. The van der Waals surface area contributed by atoms with Crippen molar-refractivity contribution in [2.45, 2.75) is 31.2 Å². The Balaban J connectivity index is 2.10. The van der Waals surface area contributed by atoms with Crippen molar-refractivity contribution in [1.29, 1.82) is 0 Å². The maximum Gasteiger partial charge on any atom is 0.0789 e. The first-order valence-corrected chi connectivity index (χ1v) is 3.36. The summed E-state index contributed by atoms with van der Waals surface area (Å²) < 4.78 is 5.40. The van der Waals surface area contributed by atoms with Crippen LogP contribution >= 0.6 is 0 Å². The van der Waals surface area contributed by atoms with Crippen molar-refractivity contribution in [1.82, 2.24) is 0 Å². The van der Waals surface area contributed by atoms with Gasteiger partial charge in [0.1, 0.15) is 0 Å². The molecule has 1 fully saturated rings. The van der Waals surface area contributed by atoms with Gasteiger partial charge in [-0.3, -0.25) is 0 Å². The first kappa shape index (κ1) is 5.45. The van der Waals surface area contributed by atoms with Crippen LogP contribution in [0.2, 0.25) is 0 Å². The summed E-state index contributed by atoms with van der Waals surface area (Å²) in [6.45, 7) is 0. The summed E-state index contributed by atoms with van der Waals surface area (Å²) in [6.07, 6.45) is 5.93. The lowest BCUT2D eigenvalue weighted by atomic mass is 10.1. The van der Waals surface area contributed by atoms with Gasteiger partial charge >= 0.3 is 0 Å². The summed E-state index contributed by atoms with van der Waals surface area (Å²) in [5.41, 5.74) is 0. The van der Waals surface area contributed by atoms with Gasteiger partial charge in [-0.05, 0) is 0 Å². The minimum Gasteiger partial charge on any atom is -0.393 e. The molecule has 0 aromatic carbocycles. The molecule has 9 heavy (non-hydrogen) atoms. The summed E-state index contributed by atoms with van der Waals surface area (Å²) in [6, 6.07) is 0. The zero-order valence-corrected chi connectivity index (χ0v) is 5.16. The normalized spacial score (nSPS) is 47.9. The second-order valence-electron chi connectivity index (χ2n) is 2.72. The van der Waals surface area contributed by atoms with E-state index in [0.29, 0.717) is 0 Å². The Hall–Kier alpha value is -0.340. The minimum atomic E-state index is -0.135. The van der Waals surface area contributed by atoms with E-state index in [4.69, 9.17) is 4.74 Å². The van der Waals surface area contributed by atoms with Gasteiger partial charge in [-0.2, -0.15) is 0 Å². The van der Waals surface area contributed by atoms with Crippen LogP contribution in [0.1, 0.15) is 12.8 Å². The highest BCUT2D eigenvalue weighted by molar-refractivity contribution is 5.06. The van der Waals surface area contributed by atoms with E-state index in [1.165, 1.54) is 0 Å². The highest BCUT2D eigenvalue weighted by Crippen LogP contribution is 2.26. The second-order valence-corrected chi connectivity index (χ2v) is 2.72. The Morgan fingerprint density at radius 3 is 2.33 bits per heavy atom. The summed E-state index contributed by atoms with van der Waals surface area (Å²) >= 11 is 0. The Bertz CT molecular complexity index is 128. The molecule has 2 aliphatic rings. The fraction of sp³-hybridized carbons (Fsp3) is 0.714. The molecule has 2 aliphatic heterocycles. The molecule has 2 nitrogen and oxygen atoms in total. The van der Waals surface area contributed by atoms with Crippen molar-refractivity contribution in [2.75, 3.05) is 0 Å². The zero-order chi connectivity index (χ0) is 6.27. The molecule has 0 amide bonds.